The second-order valence-corrected chi connectivity index (χ2v) is 18.9. The van der Waals surface area contributed by atoms with Gasteiger partial charge in [-0.25, -0.2) is 0 Å². The number of anilines is 3. The number of para-hydroxylation sites is 2. The molecule has 38 heavy (non-hydrogen) atoms. The van der Waals surface area contributed by atoms with Crippen LogP contribution in [0.5, 0.6) is 0 Å². The van der Waals surface area contributed by atoms with Gasteiger partial charge in [0.25, 0.3) is 0 Å². The lowest BCUT2D eigenvalue weighted by atomic mass is 10.0. The largest absolute Gasteiger partial charge is 0.308 e. The number of nitrogens with zero attached hydrogens (tertiary/aromatic N) is 1. The van der Waals surface area contributed by atoms with Gasteiger partial charge in [0.15, 0.2) is 0 Å². The smallest absolute Gasteiger partial charge is 0.0644 e. The second kappa shape index (κ2) is 8.87. The van der Waals surface area contributed by atoms with Crippen LogP contribution < -0.4 is 36.7 Å². The summed E-state index contributed by atoms with van der Waals surface area (Å²) >= 11 is 13.8. The summed E-state index contributed by atoms with van der Waals surface area (Å²) in [6.45, 7) is 4.55. The zero-order chi connectivity index (χ0) is 26.1. The number of hydrogen-bond acceptors (Lipinski definition) is 3. The molecule has 5 aromatic carbocycles. The first-order valence-electron chi connectivity index (χ1n) is 13.0. The van der Waals surface area contributed by atoms with Crippen molar-refractivity contribution in [3.05, 3.63) is 127 Å². The highest BCUT2D eigenvalue weighted by molar-refractivity contribution is 8.27. The summed E-state index contributed by atoms with van der Waals surface area (Å²) in [4.78, 5) is 2.47. The van der Waals surface area contributed by atoms with Crippen LogP contribution in [0.4, 0.5) is 17.1 Å². The van der Waals surface area contributed by atoms with E-state index in [9.17, 15) is 0 Å². The lowest BCUT2D eigenvalue weighted by Gasteiger charge is -2.47. The maximum atomic E-state index is 6.91. The van der Waals surface area contributed by atoms with E-state index in [1.165, 1.54) is 54.5 Å². The normalized spacial score (nSPS) is 21.0. The molecule has 0 saturated heterocycles. The summed E-state index contributed by atoms with van der Waals surface area (Å²) in [5.41, 5.74) is 4.92. The minimum Gasteiger partial charge on any atom is -0.308 e. The fourth-order valence-electron chi connectivity index (χ4n) is 5.97. The molecule has 0 fully saturated rings. The van der Waals surface area contributed by atoms with Gasteiger partial charge in [-0.1, -0.05) is 135 Å². The predicted octanol–water partition coefficient (Wildman–Crippen LogP) is 6.42. The first kappa shape index (κ1) is 24.3. The third kappa shape index (κ3) is 3.23. The zero-order valence-electron chi connectivity index (χ0n) is 21.3. The molecule has 0 spiro atoms. The molecule has 7 rings (SSSR count). The lowest BCUT2D eigenvalue weighted by molar-refractivity contribution is 0.869. The van der Waals surface area contributed by atoms with E-state index in [0.717, 1.165) is 0 Å². The minimum absolute atomic E-state index is 0.359. The topological polar surface area (TPSA) is 3.24 Å². The molecule has 186 valence electrons. The Bertz CT molecular complexity index is 1690. The van der Waals surface area contributed by atoms with Crippen molar-refractivity contribution in [2.45, 2.75) is 19.8 Å². The molecule has 2 unspecified atom stereocenters. The van der Waals surface area contributed by atoms with Gasteiger partial charge in [-0.2, -0.15) is 0 Å². The van der Waals surface area contributed by atoms with Crippen LogP contribution in [0.25, 0.3) is 0 Å². The zero-order valence-corrected chi connectivity index (χ0v) is 24.7. The maximum Gasteiger partial charge on any atom is 0.0644 e. The summed E-state index contributed by atoms with van der Waals surface area (Å²) in [5.74, 6) is 0.359. The van der Waals surface area contributed by atoms with Crippen LogP contribution in [-0.4, -0.2) is 0 Å². The van der Waals surface area contributed by atoms with Crippen molar-refractivity contribution in [1.29, 1.82) is 0 Å². The van der Waals surface area contributed by atoms with Crippen molar-refractivity contribution in [2.75, 3.05) is 4.90 Å². The molecule has 1 nitrogen and oxygen atoms in total. The van der Waals surface area contributed by atoms with Gasteiger partial charge in [-0.15, -0.1) is 0 Å². The van der Waals surface area contributed by atoms with Crippen molar-refractivity contribution in [2.24, 2.45) is 0 Å². The summed E-state index contributed by atoms with van der Waals surface area (Å²) < 4.78 is 0. The average molecular weight is 564 g/mol. The highest BCUT2D eigenvalue weighted by Crippen LogP contribution is 2.60. The third-order valence-corrected chi connectivity index (χ3v) is 17.7. The molecule has 0 aliphatic carbocycles. The molecule has 5 heteroatoms. The Balaban J connectivity index is 1.70. The maximum absolute atomic E-state index is 6.91. The van der Waals surface area contributed by atoms with Crippen LogP contribution in [0.3, 0.4) is 0 Å². The minimum atomic E-state index is -2.35. The summed E-state index contributed by atoms with van der Waals surface area (Å²) in [7, 11) is 0. The molecule has 2 aliphatic heterocycles. The van der Waals surface area contributed by atoms with Gasteiger partial charge in [0.05, 0.1) is 17.1 Å². The molecule has 0 amide bonds. The van der Waals surface area contributed by atoms with E-state index in [-0.39, 0.29) is 0 Å². The van der Waals surface area contributed by atoms with Crippen molar-refractivity contribution in [3.8, 4) is 0 Å². The fourth-order valence-corrected chi connectivity index (χ4v) is 14.7. The molecule has 0 bridgehead atoms. The standard InChI is InChI=1S/C33H27NP2S2/c1-23(2)24-21-31-33-32(22-24)36(38,26-15-7-4-8-16-26)30-20-12-10-18-28(30)34(33)27-17-9-11-19-29(27)35(31,37)25-13-5-3-6-14-25/h3-23H,1-2H3. The number of hydrogen-bond donors (Lipinski definition) is 0. The molecule has 0 aromatic heterocycles. The lowest BCUT2D eigenvalue weighted by Crippen LogP contribution is -2.46. The van der Waals surface area contributed by atoms with Gasteiger partial charge in [0.2, 0.25) is 0 Å². The van der Waals surface area contributed by atoms with Crippen LogP contribution >= 0.6 is 12.1 Å². The van der Waals surface area contributed by atoms with Gasteiger partial charge in [0.1, 0.15) is 0 Å². The summed E-state index contributed by atoms with van der Waals surface area (Å²) in [6.07, 6.45) is 0. The molecule has 2 heterocycles. The first-order chi connectivity index (χ1) is 18.5. The molecule has 2 atom stereocenters. The Kier molecular flexibility index (Phi) is 5.66. The summed E-state index contributed by atoms with van der Waals surface area (Å²) in [6, 6.07) is 39.3. The molecule has 2 aliphatic rings. The molecule has 0 radical (unpaired) electrons. The Morgan fingerprint density at radius 2 is 0.921 bits per heavy atom. The van der Waals surface area contributed by atoms with E-state index in [0.29, 0.717) is 5.92 Å². The van der Waals surface area contributed by atoms with E-state index >= 15 is 0 Å². The van der Waals surface area contributed by atoms with Crippen LogP contribution in [0.2, 0.25) is 0 Å². The van der Waals surface area contributed by atoms with E-state index in [1.54, 1.807) is 0 Å². The van der Waals surface area contributed by atoms with Crippen molar-refractivity contribution in [1.82, 2.24) is 0 Å². The Morgan fingerprint density at radius 3 is 1.34 bits per heavy atom. The van der Waals surface area contributed by atoms with Crippen LogP contribution in [0.1, 0.15) is 25.3 Å². The van der Waals surface area contributed by atoms with Gasteiger partial charge < -0.3 is 4.90 Å². The number of benzene rings is 5. The fraction of sp³-hybridized carbons (Fsp3) is 0.0909. The monoisotopic (exact) mass is 563 g/mol. The Hall–Kier alpha value is -2.80. The molecular formula is C33H27NP2S2. The highest BCUT2D eigenvalue weighted by Gasteiger charge is 2.46. The van der Waals surface area contributed by atoms with Crippen LogP contribution in [0.15, 0.2) is 121 Å². The van der Waals surface area contributed by atoms with E-state index in [2.05, 4.69) is 140 Å². The van der Waals surface area contributed by atoms with Crippen LogP contribution in [0, 0.1) is 0 Å². The number of fused-ring (bicyclic) bond motifs is 4. The molecule has 0 saturated carbocycles. The second-order valence-electron chi connectivity index (χ2n) is 10.3. The first-order valence-corrected chi connectivity index (χ1v) is 18.6. The quantitative estimate of drug-likeness (QED) is 0.229. The predicted molar refractivity (Wildman–Crippen MR) is 174 cm³/mol. The average Bonchev–Trinajstić information content (AvgIpc) is 2.97. The molecule has 5 aromatic rings. The van der Waals surface area contributed by atoms with Gasteiger partial charge in [0, 0.05) is 33.3 Å². The van der Waals surface area contributed by atoms with Crippen molar-refractivity contribution in [3.63, 3.8) is 0 Å². The SMILES string of the molecule is CC(C)c1cc2c3c(c1)P(=S)(c1ccccc1)c1ccccc1N3c1ccccc1P2(=S)c1ccccc1. The van der Waals surface area contributed by atoms with E-state index in [4.69, 9.17) is 23.6 Å². The Labute approximate surface area is 235 Å². The molecule has 0 N–H and O–H groups in total. The molecular weight excluding hydrogens is 536 g/mol. The third-order valence-electron chi connectivity index (χ3n) is 7.82. The van der Waals surface area contributed by atoms with E-state index < -0.39 is 12.1 Å². The van der Waals surface area contributed by atoms with Gasteiger partial charge in [-0.3, -0.25) is 0 Å². The number of rotatable bonds is 3. The van der Waals surface area contributed by atoms with Crippen LogP contribution in [-0.2, 0) is 23.6 Å². The highest BCUT2D eigenvalue weighted by atomic mass is 32.4. The van der Waals surface area contributed by atoms with Gasteiger partial charge in [-0.05, 0) is 46.4 Å². The van der Waals surface area contributed by atoms with Crippen molar-refractivity contribution >= 4 is 84.6 Å². The van der Waals surface area contributed by atoms with Gasteiger partial charge >= 0.3 is 0 Å². The van der Waals surface area contributed by atoms with E-state index in [1.807, 2.05) is 0 Å². The summed E-state index contributed by atoms with van der Waals surface area (Å²) in [5, 5.41) is 7.53. The van der Waals surface area contributed by atoms with Crippen molar-refractivity contribution < 1.29 is 0 Å². The Morgan fingerprint density at radius 1 is 0.526 bits per heavy atom.